The summed E-state index contributed by atoms with van der Waals surface area (Å²) in [7, 11) is 0. The lowest BCUT2D eigenvalue weighted by atomic mass is 9.89. The minimum absolute atomic E-state index is 0.0430. The van der Waals surface area contributed by atoms with E-state index in [4.69, 9.17) is 0 Å². The number of carbonyl (C=O) groups excluding carboxylic acids is 2. The van der Waals surface area contributed by atoms with E-state index in [9.17, 15) is 14.7 Å². The molecule has 2 aliphatic heterocycles. The van der Waals surface area contributed by atoms with Crippen LogP contribution in [-0.4, -0.2) is 40.9 Å². The number of benzene rings is 1. The lowest BCUT2D eigenvalue weighted by molar-refractivity contribution is -0.121. The normalized spacial score (nSPS) is 19.8. The van der Waals surface area contributed by atoms with Gasteiger partial charge in [-0.1, -0.05) is 25.3 Å². The molecule has 2 heterocycles. The Morgan fingerprint density at radius 3 is 2.93 bits per heavy atom. The van der Waals surface area contributed by atoms with E-state index in [0.29, 0.717) is 44.2 Å². The number of hydrogen-bond donors (Lipinski definition) is 3. The molecule has 1 unspecified atom stereocenters. The molecular formula is C22H30N4O3. The van der Waals surface area contributed by atoms with Crippen molar-refractivity contribution in [2.75, 3.05) is 13.1 Å². The molecule has 7 nitrogen and oxygen atoms in total. The van der Waals surface area contributed by atoms with E-state index < -0.39 is 6.10 Å². The largest absolute Gasteiger partial charge is 0.388 e. The number of aliphatic imine (C=N–C) groups is 1. The number of rotatable bonds is 7. The predicted octanol–water partition coefficient (Wildman–Crippen LogP) is 2.52. The van der Waals surface area contributed by atoms with Crippen LogP contribution in [0.4, 0.5) is 5.69 Å². The fourth-order valence-corrected chi connectivity index (χ4v) is 4.45. The van der Waals surface area contributed by atoms with Gasteiger partial charge < -0.3 is 15.3 Å². The van der Waals surface area contributed by atoms with Gasteiger partial charge in [-0.15, -0.1) is 0 Å². The minimum Gasteiger partial charge on any atom is -0.388 e. The first kappa shape index (κ1) is 19.9. The molecule has 4 rings (SSSR count). The van der Waals surface area contributed by atoms with Crippen molar-refractivity contribution in [2.24, 2.45) is 10.9 Å². The van der Waals surface area contributed by atoms with Crippen molar-refractivity contribution in [1.29, 1.82) is 0 Å². The number of fused-ring (bicyclic) bond motifs is 2. The van der Waals surface area contributed by atoms with E-state index in [1.54, 1.807) is 0 Å². The maximum atomic E-state index is 12.1. The number of amides is 2. The van der Waals surface area contributed by atoms with Crippen LogP contribution >= 0.6 is 0 Å². The summed E-state index contributed by atoms with van der Waals surface area (Å²) in [5.74, 6) is 1.29. The van der Waals surface area contributed by atoms with Crippen LogP contribution in [0.15, 0.2) is 23.2 Å². The Balaban J connectivity index is 1.23. The van der Waals surface area contributed by atoms with Gasteiger partial charge in [0, 0.05) is 19.5 Å². The summed E-state index contributed by atoms with van der Waals surface area (Å²) in [4.78, 5) is 30.0. The Labute approximate surface area is 171 Å². The molecule has 29 heavy (non-hydrogen) atoms. The van der Waals surface area contributed by atoms with Crippen LogP contribution in [0.5, 0.6) is 0 Å². The average molecular weight is 399 g/mol. The van der Waals surface area contributed by atoms with Crippen molar-refractivity contribution in [1.82, 2.24) is 15.5 Å². The maximum Gasteiger partial charge on any atom is 0.246 e. The van der Waals surface area contributed by atoms with Crippen molar-refractivity contribution in [3.05, 3.63) is 29.3 Å². The van der Waals surface area contributed by atoms with Gasteiger partial charge in [-0.05, 0) is 54.9 Å². The van der Waals surface area contributed by atoms with Crippen LogP contribution < -0.4 is 10.6 Å². The summed E-state index contributed by atoms with van der Waals surface area (Å²) < 4.78 is 0. The molecule has 1 saturated carbocycles. The zero-order valence-corrected chi connectivity index (χ0v) is 16.8. The molecular weight excluding hydrogens is 368 g/mol. The fraction of sp³-hybridized carbons (Fsp3) is 0.591. The number of aliphatic hydroxyl groups is 1. The van der Waals surface area contributed by atoms with Gasteiger partial charge in [0.15, 0.2) is 0 Å². The molecule has 2 amide bonds. The highest BCUT2D eigenvalue weighted by molar-refractivity contribution is 6.05. The third-order valence-electron chi connectivity index (χ3n) is 6.16. The summed E-state index contributed by atoms with van der Waals surface area (Å²) in [6.45, 7) is 1.72. The Bertz CT molecular complexity index is 801. The first-order chi connectivity index (χ1) is 14.1. The zero-order valence-electron chi connectivity index (χ0n) is 16.8. The van der Waals surface area contributed by atoms with Crippen molar-refractivity contribution in [3.8, 4) is 0 Å². The Kier molecular flexibility index (Phi) is 6.13. The van der Waals surface area contributed by atoms with E-state index in [-0.39, 0.29) is 11.8 Å². The Hall–Kier alpha value is -2.41. The van der Waals surface area contributed by atoms with Gasteiger partial charge in [-0.3, -0.25) is 14.9 Å². The molecule has 3 N–H and O–H groups in total. The van der Waals surface area contributed by atoms with Crippen LogP contribution in [0, 0.1) is 5.92 Å². The van der Waals surface area contributed by atoms with E-state index >= 15 is 0 Å². The average Bonchev–Trinajstić information content (AvgIpc) is 3.09. The number of nitrogens with one attached hydrogen (secondary N) is 2. The van der Waals surface area contributed by atoms with E-state index in [2.05, 4.69) is 15.6 Å². The van der Waals surface area contributed by atoms with Crippen LogP contribution in [0.25, 0.3) is 0 Å². The molecule has 3 aliphatic rings. The van der Waals surface area contributed by atoms with Gasteiger partial charge in [0.2, 0.25) is 17.8 Å². The molecule has 1 saturated heterocycles. The van der Waals surface area contributed by atoms with Crippen LogP contribution in [0.1, 0.15) is 68.6 Å². The van der Waals surface area contributed by atoms with Crippen molar-refractivity contribution < 1.29 is 14.7 Å². The van der Waals surface area contributed by atoms with Gasteiger partial charge in [0.05, 0.1) is 11.8 Å². The van der Waals surface area contributed by atoms with Gasteiger partial charge in [-0.2, -0.15) is 0 Å². The van der Waals surface area contributed by atoms with Crippen molar-refractivity contribution >= 4 is 23.5 Å². The summed E-state index contributed by atoms with van der Waals surface area (Å²) in [5.41, 5.74) is 2.67. The monoisotopic (exact) mass is 398 g/mol. The number of guanidine groups is 1. The Morgan fingerprint density at radius 1 is 1.28 bits per heavy atom. The number of aliphatic hydroxyl groups excluding tert-OH is 1. The highest BCUT2D eigenvalue weighted by Crippen LogP contribution is 2.31. The number of hydrogen-bond acceptors (Lipinski definition) is 5. The van der Waals surface area contributed by atoms with Gasteiger partial charge >= 0.3 is 0 Å². The predicted molar refractivity (Wildman–Crippen MR) is 110 cm³/mol. The molecule has 156 valence electrons. The zero-order chi connectivity index (χ0) is 20.2. The lowest BCUT2D eigenvalue weighted by Gasteiger charge is -2.24. The standard InChI is InChI=1S/C22H30N4O3/c27-19(7-4-8-20(28)23-12-15-5-2-1-3-6-15)16-9-10-18-17(11-16)13-26-14-21(29)25-22(26)24-18/h9-11,15,19,27H,1-8,12-14H2,(H,23,28)(H,24,25,29). The SMILES string of the molecule is O=C(CCCC(O)c1ccc2c(c1)CN1CC(=O)NC1=N2)NCC1CCCCC1. The molecule has 0 radical (unpaired) electrons. The van der Waals surface area contributed by atoms with Gasteiger partial charge in [0.25, 0.3) is 0 Å². The first-order valence-corrected chi connectivity index (χ1v) is 10.8. The second-order valence-electron chi connectivity index (χ2n) is 8.44. The Morgan fingerprint density at radius 2 is 2.10 bits per heavy atom. The second-order valence-corrected chi connectivity index (χ2v) is 8.44. The minimum atomic E-state index is -0.602. The molecule has 1 aromatic carbocycles. The highest BCUT2D eigenvalue weighted by atomic mass is 16.3. The van der Waals surface area contributed by atoms with E-state index in [1.807, 2.05) is 23.1 Å². The number of carbonyl (C=O) groups is 2. The summed E-state index contributed by atoms with van der Waals surface area (Å²) in [6, 6.07) is 5.73. The number of nitrogens with zero attached hydrogens (tertiary/aromatic N) is 2. The van der Waals surface area contributed by atoms with Gasteiger partial charge in [-0.25, -0.2) is 4.99 Å². The third-order valence-corrected chi connectivity index (χ3v) is 6.16. The van der Waals surface area contributed by atoms with Crippen LogP contribution in [-0.2, 0) is 16.1 Å². The first-order valence-electron chi connectivity index (χ1n) is 10.8. The third kappa shape index (κ3) is 4.96. The molecule has 7 heteroatoms. The van der Waals surface area contributed by atoms with Crippen LogP contribution in [0.2, 0.25) is 0 Å². The quantitative estimate of drug-likeness (QED) is 0.658. The van der Waals surface area contributed by atoms with E-state index in [1.165, 1.54) is 32.1 Å². The molecule has 0 aromatic heterocycles. The molecule has 0 spiro atoms. The molecule has 1 aliphatic carbocycles. The van der Waals surface area contributed by atoms with Crippen molar-refractivity contribution in [2.45, 2.75) is 64.0 Å². The van der Waals surface area contributed by atoms with E-state index in [0.717, 1.165) is 23.4 Å². The lowest BCUT2D eigenvalue weighted by Crippen LogP contribution is -2.32. The van der Waals surface area contributed by atoms with Crippen LogP contribution in [0.3, 0.4) is 0 Å². The van der Waals surface area contributed by atoms with Gasteiger partial charge in [0.1, 0.15) is 6.54 Å². The maximum absolute atomic E-state index is 12.1. The molecule has 0 bridgehead atoms. The summed E-state index contributed by atoms with van der Waals surface area (Å²) in [6.07, 6.45) is 7.39. The summed E-state index contributed by atoms with van der Waals surface area (Å²) in [5, 5.41) is 16.4. The van der Waals surface area contributed by atoms with Crippen molar-refractivity contribution in [3.63, 3.8) is 0 Å². The topological polar surface area (TPSA) is 94.0 Å². The molecule has 2 fully saturated rings. The molecule has 1 atom stereocenters. The molecule has 1 aromatic rings. The summed E-state index contributed by atoms with van der Waals surface area (Å²) >= 11 is 0. The smallest absolute Gasteiger partial charge is 0.246 e. The second kappa shape index (κ2) is 8.95. The fourth-order valence-electron chi connectivity index (χ4n) is 4.45. The highest BCUT2D eigenvalue weighted by Gasteiger charge is 2.29.